The number of anilines is 1. The summed E-state index contributed by atoms with van der Waals surface area (Å²) in [6.07, 6.45) is 10.7. The Bertz CT molecular complexity index is 1190. The monoisotopic (exact) mass is 385 g/mol. The largest absolute Gasteiger partial charge is 0.355 e. The van der Waals surface area contributed by atoms with Crippen molar-refractivity contribution in [3.05, 3.63) is 102 Å². The van der Waals surface area contributed by atoms with Gasteiger partial charge < -0.3 is 15.5 Å². The molecule has 5 nitrogen and oxygen atoms in total. The van der Waals surface area contributed by atoms with E-state index < -0.39 is 6.17 Å². The number of pyridine rings is 1. The lowest BCUT2D eigenvalue weighted by Gasteiger charge is -2.25. The van der Waals surface area contributed by atoms with Crippen molar-refractivity contribution in [3.63, 3.8) is 0 Å². The number of H-pyrrole nitrogens is 1. The smallest absolute Gasteiger partial charge is 0.268 e. The molecule has 29 heavy (non-hydrogen) atoms. The van der Waals surface area contributed by atoms with Crippen LogP contribution < -0.4 is 15.6 Å². The fourth-order valence-corrected chi connectivity index (χ4v) is 3.69. The number of allylic oxidation sites excluding steroid dienone is 3. The summed E-state index contributed by atoms with van der Waals surface area (Å²) in [6.45, 7) is 0. The Morgan fingerprint density at radius 3 is 2.83 bits per heavy atom. The highest BCUT2D eigenvalue weighted by Crippen LogP contribution is 2.31. The highest BCUT2D eigenvalue weighted by atomic mass is 19.1. The van der Waals surface area contributed by atoms with Gasteiger partial charge in [-0.15, -0.1) is 0 Å². The number of benzene rings is 2. The molecule has 2 aliphatic rings. The van der Waals surface area contributed by atoms with Gasteiger partial charge in [0.2, 0.25) is 0 Å². The summed E-state index contributed by atoms with van der Waals surface area (Å²) < 4.78 is 13.3. The SMILES string of the molecule is O=C(Nc1cccc2c[nH+]ccc12)C1NC(c2ccc(F)cc2)=C2C=CC=CN21. The van der Waals surface area contributed by atoms with Gasteiger partial charge in [0, 0.05) is 28.7 Å². The van der Waals surface area contributed by atoms with Gasteiger partial charge >= 0.3 is 0 Å². The molecule has 142 valence electrons. The summed E-state index contributed by atoms with van der Waals surface area (Å²) in [5.41, 5.74) is 3.23. The summed E-state index contributed by atoms with van der Waals surface area (Å²) in [5, 5.41) is 8.31. The Morgan fingerprint density at radius 2 is 1.97 bits per heavy atom. The van der Waals surface area contributed by atoms with Crippen molar-refractivity contribution in [1.82, 2.24) is 10.2 Å². The first kappa shape index (κ1) is 17.2. The first-order chi connectivity index (χ1) is 14.2. The average Bonchev–Trinajstić information content (AvgIpc) is 3.14. The molecule has 0 saturated heterocycles. The number of aromatic nitrogens is 1. The van der Waals surface area contributed by atoms with Crippen LogP contribution in [0.3, 0.4) is 0 Å². The lowest BCUT2D eigenvalue weighted by Crippen LogP contribution is -2.44. The number of rotatable bonds is 3. The van der Waals surface area contributed by atoms with Crippen LogP contribution in [0.4, 0.5) is 10.1 Å². The van der Waals surface area contributed by atoms with Crippen molar-refractivity contribution in [2.45, 2.75) is 6.17 Å². The van der Waals surface area contributed by atoms with Gasteiger partial charge in [0.05, 0.1) is 11.4 Å². The van der Waals surface area contributed by atoms with Crippen LogP contribution in [0, 0.1) is 5.82 Å². The summed E-state index contributed by atoms with van der Waals surface area (Å²) in [6, 6.07) is 14.0. The van der Waals surface area contributed by atoms with Crippen molar-refractivity contribution in [2.24, 2.45) is 0 Å². The van der Waals surface area contributed by atoms with E-state index in [1.54, 1.807) is 12.1 Å². The standard InChI is InChI=1S/C23H17FN4O/c24-17-9-7-15(8-10-17)21-20-6-1-2-13-28(20)22(27-21)23(29)26-19-5-3-4-16-14-25-12-11-18(16)19/h1-14,22,27H,(H,26,29)/p+1. The van der Waals surface area contributed by atoms with Gasteiger partial charge in [-0.25, -0.2) is 9.37 Å². The molecule has 2 aliphatic heterocycles. The number of carbonyl (C=O) groups excluding carboxylic acids is 1. The molecule has 0 radical (unpaired) electrons. The first-order valence-corrected chi connectivity index (χ1v) is 9.30. The predicted octanol–water partition coefficient (Wildman–Crippen LogP) is 3.42. The normalized spacial score (nSPS) is 17.4. The number of nitrogens with zero attached hydrogens (tertiary/aromatic N) is 1. The second-order valence-corrected chi connectivity index (χ2v) is 6.86. The third-order valence-corrected chi connectivity index (χ3v) is 5.07. The van der Waals surface area contributed by atoms with Crippen molar-refractivity contribution in [3.8, 4) is 0 Å². The van der Waals surface area contributed by atoms with Crippen molar-refractivity contribution >= 4 is 28.1 Å². The number of fused-ring (bicyclic) bond motifs is 2. The number of halogens is 1. The second-order valence-electron chi connectivity index (χ2n) is 6.86. The highest BCUT2D eigenvalue weighted by molar-refractivity contribution is 6.04. The van der Waals surface area contributed by atoms with E-state index in [-0.39, 0.29) is 11.7 Å². The molecule has 2 aromatic carbocycles. The van der Waals surface area contributed by atoms with E-state index >= 15 is 0 Å². The van der Waals surface area contributed by atoms with E-state index in [2.05, 4.69) is 15.6 Å². The van der Waals surface area contributed by atoms with Crippen LogP contribution in [0.5, 0.6) is 0 Å². The molecule has 0 fully saturated rings. The molecule has 1 atom stereocenters. The number of hydrogen-bond acceptors (Lipinski definition) is 3. The zero-order valence-corrected chi connectivity index (χ0v) is 15.4. The van der Waals surface area contributed by atoms with Gasteiger partial charge in [-0.1, -0.05) is 12.1 Å². The van der Waals surface area contributed by atoms with Crippen LogP contribution >= 0.6 is 0 Å². The molecule has 0 bridgehead atoms. The van der Waals surface area contributed by atoms with Crippen molar-refractivity contribution < 1.29 is 14.2 Å². The Hall–Kier alpha value is -3.93. The molecule has 6 heteroatoms. The van der Waals surface area contributed by atoms with Crippen LogP contribution in [0.25, 0.3) is 16.5 Å². The van der Waals surface area contributed by atoms with E-state index in [1.165, 1.54) is 12.1 Å². The maximum absolute atomic E-state index is 13.3. The van der Waals surface area contributed by atoms with E-state index in [0.717, 1.165) is 33.4 Å². The minimum Gasteiger partial charge on any atom is -0.355 e. The lowest BCUT2D eigenvalue weighted by molar-refractivity contribution is -0.375. The van der Waals surface area contributed by atoms with E-state index in [0.29, 0.717) is 0 Å². The summed E-state index contributed by atoms with van der Waals surface area (Å²) in [7, 11) is 0. The van der Waals surface area contributed by atoms with Gasteiger partial charge in [0.15, 0.2) is 18.6 Å². The number of aromatic amines is 1. The van der Waals surface area contributed by atoms with E-state index in [1.807, 2.05) is 66.0 Å². The zero-order chi connectivity index (χ0) is 19.8. The maximum Gasteiger partial charge on any atom is 0.268 e. The molecule has 0 spiro atoms. The van der Waals surface area contributed by atoms with Crippen LogP contribution in [0.2, 0.25) is 0 Å². The Kier molecular flexibility index (Phi) is 4.09. The number of amides is 1. The second kappa shape index (κ2) is 6.91. The fourth-order valence-electron chi connectivity index (χ4n) is 3.69. The van der Waals surface area contributed by atoms with Gasteiger partial charge in [0.1, 0.15) is 5.82 Å². The fraction of sp³-hybridized carbons (Fsp3) is 0.0435. The van der Waals surface area contributed by atoms with Gasteiger partial charge in [-0.05, 0) is 54.1 Å². The molecule has 1 unspecified atom stereocenters. The van der Waals surface area contributed by atoms with Gasteiger partial charge in [-0.2, -0.15) is 0 Å². The minimum absolute atomic E-state index is 0.181. The Morgan fingerprint density at radius 1 is 1.10 bits per heavy atom. The third-order valence-electron chi connectivity index (χ3n) is 5.07. The van der Waals surface area contributed by atoms with Gasteiger partial charge in [-0.3, -0.25) is 4.79 Å². The summed E-state index contributed by atoms with van der Waals surface area (Å²) in [4.78, 5) is 18.1. The van der Waals surface area contributed by atoms with Crippen LogP contribution in [0.15, 0.2) is 91.0 Å². The van der Waals surface area contributed by atoms with Crippen molar-refractivity contribution in [1.29, 1.82) is 0 Å². The lowest BCUT2D eigenvalue weighted by atomic mass is 10.1. The van der Waals surface area contributed by atoms with Crippen LogP contribution in [-0.2, 0) is 4.79 Å². The molecular weight excluding hydrogens is 367 g/mol. The molecule has 1 amide bonds. The first-order valence-electron chi connectivity index (χ1n) is 9.30. The molecule has 0 aliphatic carbocycles. The quantitative estimate of drug-likeness (QED) is 0.726. The molecule has 1 aromatic heterocycles. The van der Waals surface area contributed by atoms with E-state index in [4.69, 9.17) is 0 Å². The van der Waals surface area contributed by atoms with Gasteiger partial charge in [0.25, 0.3) is 5.91 Å². The van der Waals surface area contributed by atoms with E-state index in [9.17, 15) is 9.18 Å². The minimum atomic E-state index is -0.614. The number of carbonyl (C=O) groups is 1. The topological polar surface area (TPSA) is 58.5 Å². The molecule has 0 saturated carbocycles. The zero-order valence-electron chi connectivity index (χ0n) is 15.4. The summed E-state index contributed by atoms with van der Waals surface area (Å²) >= 11 is 0. The third kappa shape index (κ3) is 3.04. The van der Waals surface area contributed by atoms with Crippen molar-refractivity contribution in [2.75, 3.05) is 5.32 Å². The Balaban J connectivity index is 1.46. The Labute approximate surface area is 166 Å². The molecule has 3 aromatic rings. The number of nitrogens with one attached hydrogen (secondary N) is 3. The molecular formula is C23H18FN4O+. The van der Waals surface area contributed by atoms with Crippen LogP contribution in [-0.4, -0.2) is 17.0 Å². The summed E-state index contributed by atoms with van der Waals surface area (Å²) in [5.74, 6) is -0.476. The highest BCUT2D eigenvalue weighted by Gasteiger charge is 2.35. The average molecular weight is 385 g/mol. The molecule has 5 rings (SSSR count). The molecule has 3 N–H and O–H groups in total. The molecule has 3 heterocycles. The maximum atomic E-state index is 13.3. The predicted molar refractivity (Wildman–Crippen MR) is 109 cm³/mol. The number of hydrogen-bond donors (Lipinski definition) is 2. The van der Waals surface area contributed by atoms with Crippen LogP contribution in [0.1, 0.15) is 5.56 Å².